The number of benzene rings is 1. The van der Waals surface area contributed by atoms with E-state index >= 15 is 0 Å². The molecule has 0 saturated carbocycles. The number of aromatic nitrogens is 1. The van der Waals surface area contributed by atoms with Crippen molar-refractivity contribution < 1.29 is 9.47 Å². The predicted molar refractivity (Wildman–Crippen MR) is 116 cm³/mol. The topological polar surface area (TPSA) is 69.4 Å². The number of nitrogens with one attached hydrogen (secondary N) is 1. The van der Waals surface area contributed by atoms with Crippen LogP contribution in [0.25, 0.3) is 10.2 Å². The Morgan fingerprint density at radius 2 is 2.00 bits per heavy atom. The van der Waals surface area contributed by atoms with Gasteiger partial charge in [0.2, 0.25) is 0 Å². The Morgan fingerprint density at radius 3 is 2.79 bits per heavy atom. The summed E-state index contributed by atoms with van der Waals surface area (Å²) in [6.07, 6.45) is 4.36. The molecule has 0 unspecified atom stereocenters. The van der Waals surface area contributed by atoms with E-state index in [2.05, 4.69) is 18.3 Å². The van der Waals surface area contributed by atoms with E-state index in [9.17, 15) is 0 Å². The number of ether oxygens (including phenoxy) is 2. The lowest BCUT2D eigenvalue weighted by atomic mass is 10.0. The maximum atomic E-state index is 6.50. The molecule has 3 aromatic rings. The van der Waals surface area contributed by atoms with Gasteiger partial charge in [-0.15, -0.1) is 11.3 Å². The molecule has 0 aliphatic heterocycles. The highest BCUT2D eigenvalue weighted by atomic mass is 32.1. The lowest BCUT2D eigenvalue weighted by Crippen LogP contribution is -2.16. The molecule has 1 aliphatic rings. The Labute approximate surface area is 169 Å². The fourth-order valence-corrected chi connectivity index (χ4v) is 5.19. The van der Waals surface area contributed by atoms with Crippen LogP contribution < -0.4 is 20.5 Å². The van der Waals surface area contributed by atoms with E-state index in [0.29, 0.717) is 0 Å². The summed E-state index contributed by atoms with van der Waals surface area (Å²) in [6, 6.07) is 6.06. The van der Waals surface area contributed by atoms with Crippen LogP contribution in [-0.4, -0.2) is 25.7 Å². The molecular formula is C22H27N3O2S. The van der Waals surface area contributed by atoms with Crippen molar-refractivity contribution in [1.29, 1.82) is 0 Å². The molecule has 1 aromatic carbocycles. The Balaban J connectivity index is 1.42. The number of nitrogens with zero attached hydrogens (tertiary/aromatic N) is 1. The van der Waals surface area contributed by atoms with Crippen molar-refractivity contribution in [1.82, 2.24) is 10.3 Å². The van der Waals surface area contributed by atoms with Crippen molar-refractivity contribution >= 4 is 27.2 Å². The molecule has 0 atom stereocenters. The maximum Gasteiger partial charge on any atom is 0.160 e. The van der Waals surface area contributed by atoms with Gasteiger partial charge in [-0.05, 0) is 68.0 Å². The minimum Gasteiger partial charge on any atom is -0.493 e. The minimum atomic E-state index is 0.757. The first kappa shape index (κ1) is 19.0. The van der Waals surface area contributed by atoms with Gasteiger partial charge >= 0.3 is 0 Å². The zero-order valence-corrected chi connectivity index (χ0v) is 17.5. The van der Waals surface area contributed by atoms with Crippen molar-refractivity contribution in [2.45, 2.75) is 39.2 Å². The summed E-state index contributed by atoms with van der Waals surface area (Å²) in [5.41, 5.74) is 12.6. The van der Waals surface area contributed by atoms with E-state index in [1.165, 1.54) is 39.1 Å². The Bertz CT molecular complexity index is 1010. The highest BCUT2D eigenvalue weighted by molar-refractivity contribution is 7.19. The summed E-state index contributed by atoms with van der Waals surface area (Å²) < 4.78 is 10.7. The van der Waals surface area contributed by atoms with E-state index in [1.54, 1.807) is 25.6 Å². The molecule has 4 rings (SSSR count). The largest absolute Gasteiger partial charge is 0.493 e. The van der Waals surface area contributed by atoms with E-state index in [-0.39, 0.29) is 0 Å². The minimum absolute atomic E-state index is 0.757. The average molecular weight is 398 g/mol. The molecule has 1 aliphatic carbocycles. The first-order chi connectivity index (χ1) is 13.6. The van der Waals surface area contributed by atoms with Crippen LogP contribution in [0, 0.1) is 6.92 Å². The standard InChI is InChI=1S/C22H27N3O2S/c1-13-15-5-4-6-16(15)25-22-20(13)21(23)19(28-22)12-24-10-9-14-7-8-17(26-2)18(11-14)27-3/h7-8,11,24H,4-6,9-10,12,23H2,1-3H3. The highest BCUT2D eigenvalue weighted by Crippen LogP contribution is 2.38. The quantitative estimate of drug-likeness (QED) is 0.589. The lowest BCUT2D eigenvalue weighted by Gasteiger charge is -2.10. The average Bonchev–Trinajstić information content (AvgIpc) is 3.30. The van der Waals surface area contributed by atoms with Gasteiger partial charge < -0.3 is 20.5 Å². The Kier molecular flexibility index (Phi) is 5.42. The summed E-state index contributed by atoms with van der Waals surface area (Å²) in [5, 5.41) is 4.69. The van der Waals surface area contributed by atoms with Gasteiger partial charge in [-0.3, -0.25) is 0 Å². The number of pyridine rings is 1. The van der Waals surface area contributed by atoms with Gasteiger partial charge in [-0.2, -0.15) is 0 Å². The molecule has 3 N–H and O–H groups in total. The number of nitrogens with two attached hydrogens (primary N) is 1. The lowest BCUT2D eigenvalue weighted by molar-refractivity contribution is 0.354. The Hall–Kier alpha value is -2.31. The van der Waals surface area contributed by atoms with Gasteiger partial charge in [-0.25, -0.2) is 4.98 Å². The molecule has 2 aromatic heterocycles. The van der Waals surface area contributed by atoms with Crippen LogP contribution in [0.5, 0.6) is 11.5 Å². The third kappa shape index (κ3) is 3.42. The molecule has 5 nitrogen and oxygen atoms in total. The van der Waals surface area contributed by atoms with Crippen LogP contribution in [0.3, 0.4) is 0 Å². The van der Waals surface area contributed by atoms with E-state index in [0.717, 1.165) is 54.4 Å². The molecule has 6 heteroatoms. The summed E-state index contributed by atoms with van der Waals surface area (Å²) in [4.78, 5) is 7.17. The number of nitrogen functional groups attached to an aromatic ring is 1. The van der Waals surface area contributed by atoms with Crippen molar-refractivity contribution in [2.24, 2.45) is 0 Å². The predicted octanol–water partition coefficient (Wildman–Crippen LogP) is 4.03. The van der Waals surface area contributed by atoms with Crippen LogP contribution in [-0.2, 0) is 25.8 Å². The van der Waals surface area contributed by atoms with E-state index < -0.39 is 0 Å². The molecule has 2 heterocycles. The molecule has 0 fully saturated rings. The highest BCUT2D eigenvalue weighted by Gasteiger charge is 2.21. The first-order valence-electron chi connectivity index (χ1n) is 9.73. The SMILES string of the molecule is COc1ccc(CCNCc2sc3nc4c(c(C)c3c2N)CCC4)cc1OC. The number of anilines is 1. The number of fused-ring (bicyclic) bond motifs is 2. The van der Waals surface area contributed by atoms with Crippen LogP contribution in [0.2, 0.25) is 0 Å². The molecule has 0 amide bonds. The normalized spacial score (nSPS) is 13.1. The van der Waals surface area contributed by atoms with Crippen molar-refractivity contribution in [2.75, 3.05) is 26.5 Å². The molecule has 28 heavy (non-hydrogen) atoms. The maximum absolute atomic E-state index is 6.50. The number of rotatable bonds is 7. The van der Waals surface area contributed by atoms with Crippen molar-refractivity contribution in [3.8, 4) is 11.5 Å². The number of aryl methyl sites for hydroxylation is 2. The van der Waals surface area contributed by atoms with Crippen LogP contribution in [0.15, 0.2) is 18.2 Å². The number of hydrogen-bond donors (Lipinski definition) is 2. The fourth-order valence-electron chi connectivity index (χ4n) is 4.05. The number of thiophene rings is 1. The molecular weight excluding hydrogens is 370 g/mol. The molecule has 148 valence electrons. The zero-order valence-electron chi connectivity index (χ0n) is 16.7. The van der Waals surface area contributed by atoms with E-state index in [4.69, 9.17) is 20.2 Å². The third-order valence-corrected chi connectivity index (χ3v) is 6.68. The monoisotopic (exact) mass is 397 g/mol. The number of methoxy groups -OCH3 is 2. The second kappa shape index (κ2) is 7.97. The van der Waals surface area contributed by atoms with Gasteiger partial charge in [0, 0.05) is 22.5 Å². The molecule has 0 spiro atoms. The third-order valence-electron chi connectivity index (χ3n) is 5.58. The van der Waals surface area contributed by atoms with Gasteiger partial charge in [0.15, 0.2) is 11.5 Å². The van der Waals surface area contributed by atoms with Crippen molar-refractivity contribution in [3.63, 3.8) is 0 Å². The van der Waals surface area contributed by atoms with Crippen LogP contribution >= 0.6 is 11.3 Å². The first-order valence-corrected chi connectivity index (χ1v) is 10.5. The van der Waals surface area contributed by atoms with Gasteiger partial charge in [0.05, 0.1) is 19.9 Å². The molecule has 0 bridgehead atoms. The number of hydrogen-bond acceptors (Lipinski definition) is 6. The summed E-state index contributed by atoms with van der Waals surface area (Å²) in [6.45, 7) is 3.84. The summed E-state index contributed by atoms with van der Waals surface area (Å²) in [7, 11) is 3.32. The van der Waals surface area contributed by atoms with E-state index in [1.807, 2.05) is 12.1 Å². The second-order valence-electron chi connectivity index (χ2n) is 7.25. The smallest absolute Gasteiger partial charge is 0.160 e. The molecule has 0 radical (unpaired) electrons. The summed E-state index contributed by atoms with van der Waals surface area (Å²) in [5.74, 6) is 1.52. The second-order valence-corrected chi connectivity index (χ2v) is 8.33. The van der Waals surface area contributed by atoms with Crippen LogP contribution in [0.1, 0.15) is 33.7 Å². The zero-order chi connectivity index (χ0) is 19.7. The van der Waals surface area contributed by atoms with Gasteiger partial charge in [0.25, 0.3) is 0 Å². The van der Waals surface area contributed by atoms with Crippen molar-refractivity contribution in [3.05, 3.63) is 45.5 Å². The van der Waals surface area contributed by atoms with Gasteiger partial charge in [-0.1, -0.05) is 6.07 Å². The fraction of sp³-hybridized carbons (Fsp3) is 0.409. The molecule has 0 saturated heterocycles. The van der Waals surface area contributed by atoms with Crippen LogP contribution in [0.4, 0.5) is 5.69 Å². The Morgan fingerprint density at radius 1 is 1.18 bits per heavy atom. The van der Waals surface area contributed by atoms with Gasteiger partial charge in [0.1, 0.15) is 4.83 Å². The summed E-state index contributed by atoms with van der Waals surface area (Å²) >= 11 is 1.73.